The predicted octanol–water partition coefficient (Wildman–Crippen LogP) is 1.45. The number of hydrogen-bond acceptors (Lipinski definition) is 4. The zero-order chi connectivity index (χ0) is 10.2. The van der Waals surface area contributed by atoms with Crippen LogP contribution in [0.15, 0.2) is 42.7 Å². The lowest BCUT2D eigenvalue weighted by atomic mass is 10.2. The van der Waals surface area contributed by atoms with E-state index in [0.29, 0.717) is 0 Å². The second-order valence-corrected chi connectivity index (χ2v) is 2.72. The average molecular weight is 188 g/mol. The van der Waals surface area contributed by atoms with Crippen molar-refractivity contribution in [3.8, 4) is 0 Å². The number of hydrogen-bond donors (Lipinski definition) is 1. The first kappa shape index (κ1) is 10.1. The Kier molecular flexibility index (Phi) is 4.07. The Morgan fingerprint density at radius 2 is 1.57 bits per heavy atom. The lowest BCUT2D eigenvalue weighted by Crippen LogP contribution is -1.81. The third-order valence-corrected chi connectivity index (χ3v) is 1.49. The number of aromatic nitrogens is 3. The van der Waals surface area contributed by atoms with Gasteiger partial charge in [-0.1, -0.05) is 17.7 Å². The fourth-order valence-corrected chi connectivity index (χ4v) is 0.771. The summed E-state index contributed by atoms with van der Waals surface area (Å²) in [6, 6.07) is 9.50. The summed E-state index contributed by atoms with van der Waals surface area (Å²) >= 11 is 0. The van der Waals surface area contributed by atoms with Gasteiger partial charge in [-0.15, -0.1) is 10.2 Å². The maximum absolute atomic E-state index is 5.43. The number of nitrogens with zero attached hydrogens (tertiary/aromatic N) is 3. The number of aryl methyl sites for hydroxylation is 1. The molecule has 1 heterocycles. The molecule has 2 N–H and O–H groups in total. The molecule has 0 saturated carbocycles. The second kappa shape index (κ2) is 5.64. The van der Waals surface area contributed by atoms with Crippen LogP contribution in [0.25, 0.3) is 0 Å². The lowest BCUT2D eigenvalue weighted by Gasteiger charge is -1.90. The van der Waals surface area contributed by atoms with Crippen molar-refractivity contribution >= 4 is 5.69 Å². The van der Waals surface area contributed by atoms with Crippen LogP contribution < -0.4 is 5.73 Å². The molecule has 4 heteroatoms. The first-order valence-electron chi connectivity index (χ1n) is 4.19. The van der Waals surface area contributed by atoms with Crippen molar-refractivity contribution in [1.82, 2.24) is 15.4 Å². The van der Waals surface area contributed by atoms with Crippen LogP contribution in [0.2, 0.25) is 0 Å². The number of anilines is 1. The molecule has 0 fully saturated rings. The zero-order valence-corrected chi connectivity index (χ0v) is 7.96. The fourth-order valence-electron chi connectivity index (χ4n) is 0.771. The van der Waals surface area contributed by atoms with E-state index in [1.165, 1.54) is 5.56 Å². The minimum atomic E-state index is 0.829. The van der Waals surface area contributed by atoms with E-state index in [1.807, 2.05) is 31.2 Å². The molecule has 1 aromatic carbocycles. The number of rotatable bonds is 0. The van der Waals surface area contributed by atoms with E-state index in [-0.39, 0.29) is 0 Å². The summed E-state index contributed by atoms with van der Waals surface area (Å²) in [5.41, 5.74) is 7.51. The highest BCUT2D eigenvalue weighted by molar-refractivity contribution is 5.38. The normalized spacial score (nSPS) is 8.64. The molecule has 72 valence electrons. The van der Waals surface area contributed by atoms with Crippen molar-refractivity contribution < 1.29 is 0 Å². The molecule has 2 aromatic rings. The summed E-state index contributed by atoms with van der Waals surface area (Å²) in [4.78, 5) is 0. The van der Waals surface area contributed by atoms with E-state index in [9.17, 15) is 0 Å². The highest BCUT2D eigenvalue weighted by atomic mass is 15.3. The molecule has 0 aliphatic heterocycles. The van der Waals surface area contributed by atoms with Gasteiger partial charge in [0.2, 0.25) is 0 Å². The van der Waals surface area contributed by atoms with Crippen LogP contribution in [0, 0.1) is 6.92 Å². The molecule has 0 radical (unpaired) electrons. The van der Waals surface area contributed by atoms with Crippen molar-refractivity contribution in [1.29, 1.82) is 0 Å². The third kappa shape index (κ3) is 4.15. The summed E-state index contributed by atoms with van der Waals surface area (Å²) in [6.07, 6.45) is 3.15. The molecular weight excluding hydrogens is 176 g/mol. The molecule has 0 amide bonds. The maximum Gasteiger partial charge on any atom is 0.0529 e. The maximum atomic E-state index is 5.43. The van der Waals surface area contributed by atoms with Crippen molar-refractivity contribution in [3.63, 3.8) is 0 Å². The fraction of sp³-hybridized carbons (Fsp3) is 0.100. The minimum Gasteiger partial charge on any atom is -0.399 e. The second-order valence-electron chi connectivity index (χ2n) is 2.72. The Morgan fingerprint density at radius 1 is 1.00 bits per heavy atom. The van der Waals surface area contributed by atoms with Gasteiger partial charge in [-0.2, -0.15) is 0 Å². The SMILES string of the molecule is Cc1ccc(N)cc1.c1cnnnc1. The van der Waals surface area contributed by atoms with Crippen molar-refractivity contribution in [3.05, 3.63) is 48.3 Å². The standard InChI is InChI=1S/C7H9N.C3H3N3/c1-6-2-4-7(8)5-3-6;1-2-4-6-5-3-1/h2-5H,8H2,1H3;1-3H. The Bertz CT molecular complexity index is 297. The molecule has 0 unspecified atom stereocenters. The Hall–Kier alpha value is -1.97. The molecule has 0 spiro atoms. The van der Waals surface area contributed by atoms with E-state index in [2.05, 4.69) is 15.4 Å². The van der Waals surface area contributed by atoms with E-state index in [1.54, 1.807) is 18.5 Å². The van der Waals surface area contributed by atoms with Crippen LogP contribution in [-0.4, -0.2) is 15.4 Å². The van der Waals surface area contributed by atoms with Gasteiger partial charge in [0.1, 0.15) is 0 Å². The number of nitrogens with two attached hydrogens (primary N) is 1. The van der Waals surface area contributed by atoms with Gasteiger partial charge in [-0.25, -0.2) is 0 Å². The Labute approximate surface area is 82.8 Å². The molecule has 0 saturated heterocycles. The highest BCUT2D eigenvalue weighted by Crippen LogP contribution is 2.02. The molecule has 4 nitrogen and oxygen atoms in total. The van der Waals surface area contributed by atoms with Crippen LogP contribution in [0.5, 0.6) is 0 Å². The van der Waals surface area contributed by atoms with Crippen molar-refractivity contribution in [2.75, 3.05) is 5.73 Å². The quantitative estimate of drug-likeness (QED) is 0.635. The highest BCUT2D eigenvalue weighted by Gasteiger charge is 1.80. The van der Waals surface area contributed by atoms with Crippen LogP contribution in [-0.2, 0) is 0 Å². The average Bonchev–Trinajstić information content (AvgIpc) is 2.26. The van der Waals surface area contributed by atoms with Crippen LogP contribution in [0.4, 0.5) is 5.69 Å². The van der Waals surface area contributed by atoms with E-state index >= 15 is 0 Å². The van der Waals surface area contributed by atoms with Crippen LogP contribution >= 0.6 is 0 Å². The predicted molar refractivity (Wildman–Crippen MR) is 55.4 cm³/mol. The zero-order valence-electron chi connectivity index (χ0n) is 7.96. The Balaban J connectivity index is 0.000000146. The van der Waals surface area contributed by atoms with Crippen molar-refractivity contribution in [2.24, 2.45) is 0 Å². The van der Waals surface area contributed by atoms with Gasteiger partial charge >= 0.3 is 0 Å². The molecule has 1 aromatic heterocycles. The topological polar surface area (TPSA) is 64.7 Å². The summed E-state index contributed by atoms with van der Waals surface area (Å²) in [6.45, 7) is 2.04. The summed E-state index contributed by atoms with van der Waals surface area (Å²) in [5, 5.41) is 10.1. The van der Waals surface area contributed by atoms with Gasteiger partial charge in [-0.05, 0) is 30.3 Å². The summed E-state index contributed by atoms with van der Waals surface area (Å²) < 4.78 is 0. The van der Waals surface area contributed by atoms with Gasteiger partial charge in [0.15, 0.2) is 0 Å². The molecule has 0 bridgehead atoms. The molecular formula is C10H12N4. The van der Waals surface area contributed by atoms with Gasteiger partial charge in [-0.3, -0.25) is 0 Å². The molecule has 0 atom stereocenters. The molecule has 2 rings (SSSR count). The summed E-state index contributed by atoms with van der Waals surface area (Å²) in [7, 11) is 0. The Morgan fingerprint density at radius 3 is 1.86 bits per heavy atom. The van der Waals surface area contributed by atoms with Gasteiger partial charge < -0.3 is 5.73 Å². The van der Waals surface area contributed by atoms with E-state index in [0.717, 1.165) is 5.69 Å². The first-order valence-corrected chi connectivity index (χ1v) is 4.19. The van der Waals surface area contributed by atoms with Gasteiger partial charge in [0.25, 0.3) is 0 Å². The van der Waals surface area contributed by atoms with E-state index < -0.39 is 0 Å². The lowest BCUT2D eigenvalue weighted by molar-refractivity contribution is 0.865. The molecule has 0 aliphatic carbocycles. The van der Waals surface area contributed by atoms with Gasteiger partial charge in [0, 0.05) is 5.69 Å². The first-order chi connectivity index (χ1) is 6.79. The van der Waals surface area contributed by atoms with E-state index in [4.69, 9.17) is 5.73 Å². The van der Waals surface area contributed by atoms with Crippen molar-refractivity contribution in [2.45, 2.75) is 6.92 Å². The third-order valence-electron chi connectivity index (χ3n) is 1.49. The minimum absolute atomic E-state index is 0.829. The summed E-state index contributed by atoms with van der Waals surface area (Å²) in [5.74, 6) is 0. The number of nitrogen functional groups attached to an aromatic ring is 1. The molecule has 0 aliphatic rings. The smallest absolute Gasteiger partial charge is 0.0529 e. The van der Waals surface area contributed by atoms with Gasteiger partial charge in [0.05, 0.1) is 12.4 Å². The van der Waals surface area contributed by atoms with Crippen LogP contribution in [0.3, 0.4) is 0 Å². The largest absolute Gasteiger partial charge is 0.399 e. The van der Waals surface area contributed by atoms with Crippen LogP contribution in [0.1, 0.15) is 5.56 Å². The molecule has 14 heavy (non-hydrogen) atoms. The monoisotopic (exact) mass is 188 g/mol. The number of benzene rings is 1.